The molecule has 6 heteroatoms. The summed E-state index contributed by atoms with van der Waals surface area (Å²) in [6.07, 6.45) is 3.20. The summed E-state index contributed by atoms with van der Waals surface area (Å²) in [5.74, 6) is 1.07. The molecule has 0 fully saturated rings. The zero-order valence-corrected chi connectivity index (χ0v) is 10.3. The van der Waals surface area contributed by atoms with Crippen LogP contribution in [0.15, 0.2) is 29.0 Å². The number of halogens is 1. The number of aromatic amines is 1. The minimum Gasteiger partial charge on any atom is -0.493 e. The number of aromatic nitrogens is 2. The Morgan fingerprint density at radius 2 is 2.28 bits per heavy atom. The van der Waals surface area contributed by atoms with Crippen LogP contribution in [0.2, 0.25) is 5.02 Å². The molecule has 0 aliphatic carbocycles. The summed E-state index contributed by atoms with van der Waals surface area (Å²) >= 11 is 6.36. The average Bonchev–Trinajstić information content (AvgIpc) is 2.99. The van der Waals surface area contributed by atoms with Crippen molar-refractivity contribution in [3.8, 4) is 16.9 Å². The monoisotopic (exact) mass is 263 g/mol. The van der Waals surface area contributed by atoms with E-state index in [1.165, 1.54) is 0 Å². The van der Waals surface area contributed by atoms with Gasteiger partial charge in [0, 0.05) is 16.5 Å². The highest BCUT2D eigenvalue weighted by atomic mass is 35.5. The number of fused-ring (bicyclic) bond motifs is 1. The number of methoxy groups -OCH3 is 1. The molecule has 5 nitrogen and oxygen atoms in total. The van der Waals surface area contributed by atoms with Gasteiger partial charge < -0.3 is 14.9 Å². The second-order valence-electron chi connectivity index (χ2n) is 3.80. The van der Waals surface area contributed by atoms with Crippen molar-refractivity contribution >= 4 is 28.4 Å². The number of anilines is 1. The summed E-state index contributed by atoms with van der Waals surface area (Å²) in [5, 5.41) is 7.91. The van der Waals surface area contributed by atoms with Gasteiger partial charge in [0.25, 0.3) is 0 Å². The van der Waals surface area contributed by atoms with Crippen molar-refractivity contribution < 1.29 is 9.15 Å². The first-order chi connectivity index (χ1) is 8.72. The van der Waals surface area contributed by atoms with Gasteiger partial charge in [-0.05, 0) is 12.1 Å². The molecule has 3 rings (SSSR count). The lowest BCUT2D eigenvalue weighted by atomic mass is 10.1. The lowest BCUT2D eigenvalue weighted by Crippen LogP contribution is -1.90. The normalized spacial score (nSPS) is 11.0. The van der Waals surface area contributed by atoms with Crippen LogP contribution in [-0.2, 0) is 0 Å². The summed E-state index contributed by atoms with van der Waals surface area (Å²) in [6.45, 7) is 0. The molecule has 0 atom stereocenters. The van der Waals surface area contributed by atoms with Crippen LogP contribution in [0.1, 0.15) is 0 Å². The topological polar surface area (TPSA) is 77.1 Å². The van der Waals surface area contributed by atoms with Gasteiger partial charge in [0.2, 0.25) is 0 Å². The third kappa shape index (κ3) is 1.44. The SMILES string of the molecule is COc1cc(-c2cn[nH]c2N)c(Cl)c2ccoc12. The Bertz CT molecular complexity index is 717. The minimum absolute atomic E-state index is 0.460. The number of benzene rings is 1. The van der Waals surface area contributed by atoms with E-state index in [0.717, 1.165) is 16.5 Å². The molecule has 0 amide bonds. The Morgan fingerprint density at radius 3 is 2.94 bits per heavy atom. The Morgan fingerprint density at radius 1 is 1.44 bits per heavy atom. The molecule has 0 saturated heterocycles. The number of nitrogens with two attached hydrogens (primary N) is 1. The van der Waals surface area contributed by atoms with Crippen molar-refractivity contribution in [2.75, 3.05) is 12.8 Å². The Hall–Kier alpha value is -2.14. The lowest BCUT2D eigenvalue weighted by molar-refractivity contribution is 0.410. The fourth-order valence-electron chi connectivity index (χ4n) is 1.94. The Kier molecular flexibility index (Phi) is 2.41. The number of nitrogens with zero attached hydrogens (tertiary/aromatic N) is 1. The first-order valence-electron chi connectivity index (χ1n) is 5.25. The molecule has 0 aliphatic rings. The molecule has 3 aromatic rings. The van der Waals surface area contributed by atoms with Gasteiger partial charge in [-0.1, -0.05) is 11.6 Å². The molecule has 3 N–H and O–H groups in total. The quantitative estimate of drug-likeness (QED) is 0.745. The van der Waals surface area contributed by atoms with Crippen LogP contribution in [0.3, 0.4) is 0 Å². The second-order valence-corrected chi connectivity index (χ2v) is 4.18. The number of nitrogen functional groups attached to an aromatic ring is 1. The Balaban J connectivity index is 2.36. The first kappa shape index (κ1) is 11.0. The van der Waals surface area contributed by atoms with E-state index in [0.29, 0.717) is 22.2 Å². The van der Waals surface area contributed by atoms with Crippen LogP contribution in [0.25, 0.3) is 22.1 Å². The molecular weight excluding hydrogens is 254 g/mol. The maximum atomic E-state index is 6.36. The maximum Gasteiger partial charge on any atom is 0.177 e. The highest BCUT2D eigenvalue weighted by Gasteiger charge is 2.17. The van der Waals surface area contributed by atoms with Crippen molar-refractivity contribution in [2.24, 2.45) is 0 Å². The molecule has 1 aromatic carbocycles. The number of furan rings is 1. The van der Waals surface area contributed by atoms with E-state index in [4.69, 9.17) is 26.5 Å². The van der Waals surface area contributed by atoms with Crippen LogP contribution >= 0.6 is 11.6 Å². The number of hydrogen-bond donors (Lipinski definition) is 2. The molecule has 0 aliphatic heterocycles. The molecular formula is C12H10ClN3O2. The van der Waals surface area contributed by atoms with Gasteiger partial charge in [0.05, 0.1) is 24.6 Å². The predicted octanol–water partition coefficient (Wildman–Crippen LogP) is 3.07. The third-order valence-electron chi connectivity index (χ3n) is 2.82. The van der Waals surface area contributed by atoms with Crippen LogP contribution in [0, 0.1) is 0 Å². The number of ether oxygens (including phenoxy) is 1. The van der Waals surface area contributed by atoms with Gasteiger partial charge in [-0.25, -0.2) is 0 Å². The molecule has 92 valence electrons. The van der Waals surface area contributed by atoms with Gasteiger partial charge in [-0.15, -0.1) is 0 Å². The van der Waals surface area contributed by atoms with E-state index in [1.807, 2.05) is 0 Å². The summed E-state index contributed by atoms with van der Waals surface area (Å²) in [7, 11) is 1.58. The van der Waals surface area contributed by atoms with Crippen molar-refractivity contribution in [2.45, 2.75) is 0 Å². The van der Waals surface area contributed by atoms with E-state index in [2.05, 4.69) is 10.2 Å². The molecule has 0 spiro atoms. The first-order valence-corrected chi connectivity index (χ1v) is 5.63. The van der Waals surface area contributed by atoms with Gasteiger partial charge in [-0.3, -0.25) is 5.10 Å². The zero-order valence-electron chi connectivity index (χ0n) is 9.53. The number of hydrogen-bond acceptors (Lipinski definition) is 4. The predicted molar refractivity (Wildman–Crippen MR) is 69.8 cm³/mol. The van der Waals surface area contributed by atoms with Crippen molar-refractivity contribution in [1.29, 1.82) is 0 Å². The molecule has 2 heterocycles. The lowest BCUT2D eigenvalue weighted by Gasteiger charge is -2.08. The van der Waals surface area contributed by atoms with Gasteiger partial charge in [-0.2, -0.15) is 5.10 Å². The summed E-state index contributed by atoms with van der Waals surface area (Å²) in [5.41, 5.74) is 7.93. The highest BCUT2D eigenvalue weighted by Crippen LogP contribution is 2.41. The largest absolute Gasteiger partial charge is 0.493 e. The zero-order chi connectivity index (χ0) is 12.7. The van der Waals surface area contributed by atoms with Crippen molar-refractivity contribution in [3.05, 3.63) is 29.6 Å². The van der Waals surface area contributed by atoms with Gasteiger partial charge >= 0.3 is 0 Å². The van der Waals surface area contributed by atoms with E-state index in [9.17, 15) is 0 Å². The minimum atomic E-state index is 0.460. The van der Waals surface area contributed by atoms with Crippen molar-refractivity contribution in [3.63, 3.8) is 0 Å². The van der Waals surface area contributed by atoms with Gasteiger partial charge in [0.1, 0.15) is 5.82 Å². The molecule has 0 saturated carbocycles. The molecule has 18 heavy (non-hydrogen) atoms. The molecule has 0 unspecified atom stereocenters. The fraction of sp³-hybridized carbons (Fsp3) is 0.0833. The fourth-order valence-corrected chi connectivity index (χ4v) is 2.24. The maximum absolute atomic E-state index is 6.36. The van der Waals surface area contributed by atoms with E-state index >= 15 is 0 Å². The summed E-state index contributed by atoms with van der Waals surface area (Å²) in [6, 6.07) is 3.58. The molecule has 0 radical (unpaired) electrons. The Labute approximate surface area is 107 Å². The van der Waals surface area contributed by atoms with E-state index in [1.54, 1.807) is 31.7 Å². The summed E-state index contributed by atoms with van der Waals surface area (Å²) in [4.78, 5) is 0. The van der Waals surface area contributed by atoms with Gasteiger partial charge in [0.15, 0.2) is 11.3 Å². The van der Waals surface area contributed by atoms with Crippen molar-refractivity contribution in [1.82, 2.24) is 10.2 Å². The molecule has 0 bridgehead atoms. The number of rotatable bonds is 2. The second kappa shape index (κ2) is 3.96. The number of H-pyrrole nitrogens is 1. The standard InChI is InChI=1S/C12H10ClN3O2/c1-17-9-4-7(8-5-15-16-12(8)14)10(13)6-2-3-18-11(6)9/h2-5H,1H3,(H3,14,15,16). The van der Waals surface area contributed by atoms with Crippen LogP contribution in [0.5, 0.6) is 5.75 Å². The summed E-state index contributed by atoms with van der Waals surface area (Å²) < 4.78 is 10.7. The number of nitrogens with one attached hydrogen (secondary N) is 1. The van der Waals surface area contributed by atoms with Crippen LogP contribution < -0.4 is 10.5 Å². The van der Waals surface area contributed by atoms with Crippen LogP contribution in [-0.4, -0.2) is 17.3 Å². The highest BCUT2D eigenvalue weighted by molar-refractivity contribution is 6.38. The van der Waals surface area contributed by atoms with E-state index < -0.39 is 0 Å². The average molecular weight is 264 g/mol. The smallest absolute Gasteiger partial charge is 0.177 e. The van der Waals surface area contributed by atoms with E-state index in [-0.39, 0.29) is 0 Å². The molecule has 2 aromatic heterocycles. The van der Waals surface area contributed by atoms with Crippen LogP contribution in [0.4, 0.5) is 5.82 Å². The third-order valence-corrected chi connectivity index (χ3v) is 3.22.